The molecular formula is C24H24N4OS2. The van der Waals surface area contributed by atoms with Gasteiger partial charge in [-0.1, -0.05) is 54.2 Å². The van der Waals surface area contributed by atoms with Crippen molar-refractivity contribution in [3.8, 4) is 0 Å². The maximum absolute atomic E-state index is 13.0. The lowest BCUT2D eigenvalue weighted by Crippen LogP contribution is -2.31. The molecule has 5 nitrogen and oxygen atoms in total. The number of hydrogen-bond acceptors (Lipinski definition) is 5. The molecule has 158 valence electrons. The van der Waals surface area contributed by atoms with Crippen molar-refractivity contribution in [2.45, 2.75) is 37.4 Å². The summed E-state index contributed by atoms with van der Waals surface area (Å²) in [5, 5.41) is 1.86. The largest absolute Gasteiger partial charge is 0.337 e. The number of rotatable bonds is 6. The Bertz CT molecular complexity index is 1170. The van der Waals surface area contributed by atoms with Crippen molar-refractivity contribution in [3.63, 3.8) is 0 Å². The Kier molecular flexibility index (Phi) is 5.78. The molecule has 3 heterocycles. The first-order valence-corrected chi connectivity index (χ1v) is 12.3. The van der Waals surface area contributed by atoms with Gasteiger partial charge in [0.1, 0.15) is 5.01 Å². The second kappa shape index (κ2) is 8.85. The standard InChI is InChI=1S/C24H24N4OS2/c1-16-19(14-17-8-3-2-4-9-17)27-24(25-16)30-15-22(29)28-13-7-11-20(28)23-26-18-10-5-6-12-21(18)31-23/h2-6,8-10,12,20H,7,11,13-15H2,1H3,(H,25,27)/t20-/m0/s1. The Morgan fingerprint density at radius 2 is 1.97 bits per heavy atom. The van der Waals surface area contributed by atoms with Crippen LogP contribution >= 0.6 is 23.1 Å². The lowest BCUT2D eigenvalue weighted by molar-refractivity contribution is -0.129. The summed E-state index contributed by atoms with van der Waals surface area (Å²) in [6, 6.07) is 18.6. The van der Waals surface area contributed by atoms with Crippen molar-refractivity contribution >= 4 is 39.2 Å². The molecule has 1 aliphatic rings. The van der Waals surface area contributed by atoms with Crippen LogP contribution in [-0.4, -0.2) is 38.1 Å². The number of hydrogen-bond donors (Lipinski definition) is 1. The zero-order valence-corrected chi connectivity index (χ0v) is 19.0. The monoisotopic (exact) mass is 448 g/mol. The van der Waals surface area contributed by atoms with E-state index in [2.05, 4.69) is 23.2 Å². The number of H-pyrrole nitrogens is 1. The van der Waals surface area contributed by atoms with E-state index >= 15 is 0 Å². The summed E-state index contributed by atoms with van der Waals surface area (Å²) in [5.41, 5.74) is 4.36. The molecule has 1 fully saturated rings. The fourth-order valence-corrected chi connectivity index (χ4v) is 6.01. The van der Waals surface area contributed by atoms with Crippen molar-refractivity contribution in [3.05, 3.63) is 76.6 Å². The average Bonchev–Trinajstić information content (AvgIpc) is 3.51. The number of carbonyl (C=O) groups is 1. The number of aryl methyl sites for hydroxylation is 1. The minimum Gasteiger partial charge on any atom is -0.337 e. The highest BCUT2D eigenvalue weighted by Gasteiger charge is 2.32. The minimum absolute atomic E-state index is 0.0949. The van der Waals surface area contributed by atoms with E-state index in [-0.39, 0.29) is 11.9 Å². The molecular weight excluding hydrogens is 424 g/mol. The van der Waals surface area contributed by atoms with Crippen LogP contribution in [0.3, 0.4) is 0 Å². The number of aromatic amines is 1. The molecule has 1 aliphatic heterocycles. The zero-order valence-electron chi connectivity index (χ0n) is 17.4. The highest BCUT2D eigenvalue weighted by Crippen LogP contribution is 2.37. The Morgan fingerprint density at radius 1 is 1.16 bits per heavy atom. The third-order valence-electron chi connectivity index (χ3n) is 5.68. The lowest BCUT2D eigenvalue weighted by Gasteiger charge is -2.22. The van der Waals surface area contributed by atoms with Crippen molar-refractivity contribution in [1.82, 2.24) is 19.9 Å². The van der Waals surface area contributed by atoms with E-state index in [1.165, 1.54) is 22.0 Å². The van der Waals surface area contributed by atoms with Crippen LogP contribution in [0.1, 0.15) is 40.8 Å². The van der Waals surface area contributed by atoms with Gasteiger partial charge in [-0.05, 0) is 37.5 Å². The number of nitrogens with zero attached hydrogens (tertiary/aromatic N) is 3. The van der Waals surface area contributed by atoms with Crippen LogP contribution in [0.25, 0.3) is 10.2 Å². The molecule has 1 atom stereocenters. The second-order valence-corrected chi connectivity index (χ2v) is 9.86. The second-order valence-electron chi connectivity index (χ2n) is 7.83. The summed E-state index contributed by atoms with van der Waals surface area (Å²) in [4.78, 5) is 27.9. The molecule has 0 spiro atoms. The van der Waals surface area contributed by atoms with Gasteiger partial charge >= 0.3 is 0 Å². The van der Waals surface area contributed by atoms with Crippen LogP contribution in [0, 0.1) is 6.92 Å². The normalized spacial score (nSPS) is 16.3. The quantitative estimate of drug-likeness (QED) is 0.403. The molecule has 2 aromatic heterocycles. The van der Waals surface area contributed by atoms with Gasteiger partial charge in [-0.15, -0.1) is 11.3 Å². The summed E-state index contributed by atoms with van der Waals surface area (Å²) < 4.78 is 1.18. The van der Waals surface area contributed by atoms with Crippen LogP contribution in [0.2, 0.25) is 0 Å². The van der Waals surface area contributed by atoms with E-state index in [4.69, 9.17) is 9.97 Å². The Hall–Kier alpha value is -2.64. The number of para-hydroxylation sites is 1. The third-order valence-corrected chi connectivity index (χ3v) is 7.67. The first kappa shape index (κ1) is 20.3. The van der Waals surface area contributed by atoms with Crippen molar-refractivity contribution in [1.29, 1.82) is 0 Å². The van der Waals surface area contributed by atoms with Crippen LogP contribution in [0.5, 0.6) is 0 Å². The molecule has 4 aromatic rings. The number of imidazole rings is 1. The maximum atomic E-state index is 13.0. The SMILES string of the molecule is Cc1[nH]c(SCC(=O)N2CCC[C@H]2c2nc3ccccc3s2)nc1Cc1ccccc1. The number of benzene rings is 2. The van der Waals surface area contributed by atoms with Crippen molar-refractivity contribution in [2.75, 3.05) is 12.3 Å². The summed E-state index contributed by atoms with van der Waals surface area (Å²) in [6.45, 7) is 2.84. The molecule has 31 heavy (non-hydrogen) atoms. The summed E-state index contributed by atoms with van der Waals surface area (Å²) in [7, 11) is 0. The van der Waals surface area contributed by atoms with E-state index in [0.717, 1.165) is 52.9 Å². The van der Waals surface area contributed by atoms with Crippen molar-refractivity contribution < 1.29 is 4.79 Å². The van der Waals surface area contributed by atoms with Crippen LogP contribution in [-0.2, 0) is 11.2 Å². The summed E-state index contributed by atoms with van der Waals surface area (Å²) >= 11 is 3.19. The van der Waals surface area contributed by atoms with Crippen molar-refractivity contribution in [2.24, 2.45) is 0 Å². The summed E-state index contributed by atoms with van der Waals surface area (Å²) in [6.07, 6.45) is 2.80. The Morgan fingerprint density at radius 3 is 2.81 bits per heavy atom. The third kappa shape index (κ3) is 4.38. The Balaban J connectivity index is 1.24. The number of fused-ring (bicyclic) bond motifs is 1. The van der Waals surface area contributed by atoms with Gasteiger partial charge in [0.25, 0.3) is 0 Å². The molecule has 0 unspecified atom stereocenters. The molecule has 0 bridgehead atoms. The number of aromatic nitrogens is 3. The first-order valence-electron chi connectivity index (χ1n) is 10.5. The molecule has 7 heteroatoms. The number of nitrogens with one attached hydrogen (secondary N) is 1. The van der Waals surface area contributed by atoms with Gasteiger partial charge in [-0.25, -0.2) is 9.97 Å². The average molecular weight is 449 g/mol. The van der Waals surface area contributed by atoms with Gasteiger partial charge in [0.15, 0.2) is 5.16 Å². The van der Waals surface area contributed by atoms with Crippen LogP contribution in [0.4, 0.5) is 0 Å². The number of amides is 1. The lowest BCUT2D eigenvalue weighted by atomic mass is 10.1. The summed E-state index contributed by atoms with van der Waals surface area (Å²) in [5.74, 6) is 0.546. The van der Waals surface area contributed by atoms with Crippen LogP contribution < -0.4 is 0 Å². The molecule has 1 amide bonds. The zero-order chi connectivity index (χ0) is 21.2. The molecule has 5 rings (SSSR count). The Labute approximate surface area is 189 Å². The van der Waals surface area contributed by atoms with Crippen LogP contribution in [0.15, 0.2) is 59.8 Å². The van der Waals surface area contributed by atoms with E-state index in [1.54, 1.807) is 11.3 Å². The molecule has 0 saturated carbocycles. The van der Waals surface area contributed by atoms with E-state index < -0.39 is 0 Å². The smallest absolute Gasteiger partial charge is 0.233 e. The number of thioether (sulfide) groups is 1. The molecule has 0 radical (unpaired) electrons. The van der Waals surface area contributed by atoms with Gasteiger partial charge in [-0.3, -0.25) is 4.79 Å². The highest BCUT2D eigenvalue weighted by molar-refractivity contribution is 7.99. The topological polar surface area (TPSA) is 61.9 Å². The van der Waals surface area contributed by atoms with Gasteiger partial charge in [0.2, 0.25) is 5.91 Å². The van der Waals surface area contributed by atoms with Gasteiger partial charge < -0.3 is 9.88 Å². The fraction of sp³-hybridized carbons (Fsp3) is 0.292. The molecule has 2 aromatic carbocycles. The molecule has 1 N–H and O–H groups in total. The van der Waals surface area contributed by atoms with E-state index in [9.17, 15) is 4.79 Å². The fourth-order valence-electron chi connectivity index (χ4n) is 4.06. The number of thiazole rings is 1. The molecule has 0 aliphatic carbocycles. The maximum Gasteiger partial charge on any atom is 0.233 e. The van der Waals surface area contributed by atoms with Gasteiger partial charge in [0.05, 0.1) is 27.7 Å². The first-order chi connectivity index (χ1) is 15.2. The van der Waals surface area contributed by atoms with Gasteiger partial charge in [0, 0.05) is 18.7 Å². The predicted octanol–water partition coefficient (Wildman–Crippen LogP) is 5.37. The van der Waals surface area contributed by atoms with E-state index in [0.29, 0.717) is 5.75 Å². The van der Waals surface area contributed by atoms with Gasteiger partial charge in [-0.2, -0.15) is 0 Å². The highest BCUT2D eigenvalue weighted by atomic mass is 32.2. The minimum atomic E-state index is 0.0949. The molecule has 1 saturated heterocycles. The number of carbonyl (C=O) groups excluding carboxylic acids is 1. The van der Waals surface area contributed by atoms with E-state index in [1.807, 2.05) is 48.2 Å². The number of likely N-dealkylation sites (tertiary alicyclic amines) is 1. The predicted molar refractivity (Wildman–Crippen MR) is 127 cm³/mol.